The van der Waals surface area contributed by atoms with Crippen LogP contribution in [0.3, 0.4) is 0 Å². The quantitative estimate of drug-likeness (QED) is 0.552. The predicted molar refractivity (Wildman–Crippen MR) is 131 cm³/mol. The summed E-state index contributed by atoms with van der Waals surface area (Å²) in [5.74, 6) is -1.25. The third-order valence-corrected chi connectivity index (χ3v) is 7.98. The highest BCUT2D eigenvalue weighted by atomic mass is 16.5. The van der Waals surface area contributed by atoms with Crippen molar-refractivity contribution in [2.24, 2.45) is 17.8 Å². The fourth-order valence-corrected chi connectivity index (χ4v) is 6.14. The number of carboxylic acids is 1. The fraction of sp³-hybridized carbons (Fsp3) is 0.464. The topological polar surface area (TPSA) is 105 Å². The Labute approximate surface area is 205 Å². The smallest absolute Gasteiger partial charge is 0.407 e. The summed E-state index contributed by atoms with van der Waals surface area (Å²) in [4.78, 5) is 36.6. The summed E-state index contributed by atoms with van der Waals surface area (Å²) in [7, 11) is 0. The van der Waals surface area contributed by atoms with Crippen molar-refractivity contribution in [2.75, 3.05) is 13.2 Å². The number of aliphatic carboxylic acids is 1. The van der Waals surface area contributed by atoms with Gasteiger partial charge in [0.05, 0.1) is 5.92 Å². The number of hydrogen-bond acceptors (Lipinski definition) is 4. The van der Waals surface area contributed by atoms with E-state index in [1.54, 1.807) is 0 Å². The summed E-state index contributed by atoms with van der Waals surface area (Å²) in [6.45, 7) is 0.665. The summed E-state index contributed by atoms with van der Waals surface area (Å²) in [5, 5.41) is 15.1. The van der Waals surface area contributed by atoms with Crippen LogP contribution in [-0.2, 0) is 14.3 Å². The van der Waals surface area contributed by atoms with Gasteiger partial charge in [-0.05, 0) is 60.3 Å². The average molecular weight is 477 g/mol. The molecule has 5 rings (SSSR count). The van der Waals surface area contributed by atoms with Gasteiger partial charge in [0.25, 0.3) is 0 Å². The summed E-state index contributed by atoms with van der Waals surface area (Å²) in [6, 6.07) is 16.4. The Balaban J connectivity index is 1.12. The fourth-order valence-electron chi connectivity index (χ4n) is 6.14. The lowest BCUT2D eigenvalue weighted by atomic mass is 9.94. The Kier molecular flexibility index (Phi) is 6.75. The molecule has 0 bridgehead atoms. The first-order valence-electron chi connectivity index (χ1n) is 12.6. The first-order valence-corrected chi connectivity index (χ1v) is 12.6. The van der Waals surface area contributed by atoms with Crippen molar-refractivity contribution in [1.82, 2.24) is 10.6 Å². The molecule has 4 atom stereocenters. The number of hydrogen-bond donors (Lipinski definition) is 3. The minimum atomic E-state index is -0.784. The summed E-state index contributed by atoms with van der Waals surface area (Å²) in [5.41, 5.74) is 4.72. The van der Waals surface area contributed by atoms with Gasteiger partial charge >= 0.3 is 12.1 Å². The lowest BCUT2D eigenvalue weighted by Crippen LogP contribution is -2.41. The van der Waals surface area contributed by atoms with Crippen LogP contribution in [0.2, 0.25) is 0 Å². The Morgan fingerprint density at radius 2 is 1.60 bits per heavy atom. The van der Waals surface area contributed by atoms with Crippen molar-refractivity contribution >= 4 is 18.0 Å². The number of fused-ring (bicyclic) bond motifs is 3. The molecular formula is C28H32N2O5. The van der Waals surface area contributed by atoms with E-state index in [4.69, 9.17) is 4.74 Å². The minimum Gasteiger partial charge on any atom is -0.481 e. The molecule has 0 aliphatic heterocycles. The number of carbonyl (C=O) groups excluding carboxylic acids is 2. The third-order valence-electron chi connectivity index (χ3n) is 7.98. The number of ether oxygens (including phenoxy) is 1. The summed E-state index contributed by atoms with van der Waals surface area (Å²) < 4.78 is 5.63. The van der Waals surface area contributed by atoms with Crippen LogP contribution in [0.5, 0.6) is 0 Å². The molecule has 2 saturated carbocycles. The Hall–Kier alpha value is -3.35. The van der Waals surface area contributed by atoms with Gasteiger partial charge in [0.2, 0.25) is 5.91 Å². The minimum absolute atomic E-state index is 0.0131. The van der Waals surface area contributed by atoms with Gasteiger partial charge in [-0.15, -0.1) is 0 Å². The van der Waals surface area contributed by atoms with E-state index < -0.39 is 12.1 Å². The Morgan fingerprint density at radius 3 is 2.26 bits per heavy atom. The molecule has 2 aromatic carbocycles. The second-order valence-corrected chi connectivity index (χ2v) is 10.1. The molecule has 3 aliphatic rings. The standard InChI is InChI=1S/C28H32N2O5/c31-26(30-19-13-12-17(14-19)27(32)33)20-11-5-6-18(20)15-29-28(34)35-16-25-23-9-3-1-7-21(23)22-8-2-4-10-24(22)25/h1-4,7-10,17-20,25H,5-6,11-16H2,(H,29,34)(H,30,31)(H,32,33). The van der Waals surface area contributed by atoms with E-state index in [0.717, 1.165) is 19.3 Å². The zero-order valence-corrected chi connectivity index (χ0v) is 19.7. The van der Waals surface area contributed by atoms with Crippen molar-refractivity contribution in [3.05, 3.63) is 59.7 Å². The highest BCUT2D eigenvalue weighted by Crippen LogP contribution is 2.44. The normalized spacial score (nSPS) is 25.0. The van der Waals surface area contributed by atoms with Crippen molar-refractivity contribution in [3.63, 3.8) is 0 Å². The number of carboxylic acid groups (broad SMARTS) is 1. The van der Waals surface area contributed by atoms with Crippen LogP contribution in [0, 0.1) is 17.8 Å². The molecule has 2 fully saturated rings. The highest BCUT2D eigenvalue weighted by molar-refractivity contribution is 5.80. The van der Waals surface area contributed by atoms with Gasteiger partial charge in [0, 0.05) is 24.4 Å². The van der Waals surface area contributed by atoms with E-state index in [1.807, 2.05) is 24.3 Å². The average Bonchev–Trinajstić information content (AvgIpc) is 3.59. The molecule has 3 aliphatic carbocycles. The van der Waals surface area contributed by atoms with Crippen molar-refractivity contribution in [2.45, 2.75) is 50.5 Å². The number of alkyl carbamates (subject to hydrolysis) is 1. The van der Waals surface area contributed by atoms with Crippen LogP contribution in [0.4, 0.5) is 4.79 Å². The van der Waals surface area contributed by atoms with E-state index in [-0.39, 0.29) is 42.2 Å². The van der Waals surface area contributed by atoms with Gasteiger partial charge in [0.1, 0.15) is 6.61 Å². The van der Waals surface area contributed by atoms with Gasteiger partial charge in [-0.2, -0.15) is 0 Å². The van der Waals surface area contributed by atoms with Crippen molar-refractivity contribution in [1.29, 1.82) is 0 Å². The van der Waals surface area contributed by atoms with E-state index in [0.29, 0.717) is 25.8 Å². The number of benzene rings is 2. The first kappa shape index (κ1) is 23.4. The molecule has 2 amide bonds. The number of amides is 2. The van der Waals surface area contributed by atoms with Gasteiger partial charge in [0.15, 0.2) is 0 Å². The SMILES string of the molecule is O=C(NCC1CCCC1C(=O)NC1CCC(C(=O)O)C1)OCC1c2ccccc2-c2ccccc21. The van der Waals surface area contributed by atoms with E-state index in [2.05, 4.69) is 34.9 Å². The van der Waals surface area contributed by atoms with Gasteiger partial charge in [-0.3, -0.25) is 9.59 Å². The van der Waals surface area contributed by atoms with E-state index in [1.165, 1.54) is 22.3 Å². The molecule has 3 N–H and O–H groups in total. The van der Waals surface area contributed by atoms with Crippen molar-refractivity contribution in [3.8, 4) is 11.1 Å². The maximum absolute atomic E-state index is 12.9. The molecule has 0 heterocycles. The lowest BCUT2D eigenvalue weighted by molar-refractivity contribution is -0.141. The van der Waals surface area contributed by atoms with E-state index in [9.17, 15) is 19.5 Å². The molecule has 2 aromatic rings. The first-order chi connectivity index (χ1) is 17.0. The monoisotopic (exact) mass is 476 g/mol. The second-order valence-electron chi connectivity index (χ2n) is 10.1. The van der Waals surface area contributed by atoms with Crippen LogP contribution in [-0.4, -0.2) is 42.3 Å². The highest BCUT2D eigenvalue weighted by Gasteiger charge is 2.37. The molecule has 7 heteroatoms. The molecule has 7 nitrogen and oxygen atoms in total. The summed E-state index contributed by atoms with van der Waals surface area (Å²) in [6.07, 6.45) is 3.96. The molecule has 184 valence electrons. The molecule has 0 saturated heterocycles. The van der Waals surface area contributed by atoms with Crippen LogP contribution in [0.1, 0.15) is 55.6 Å². The lowest BCUT2D eigenvalue weighted by Gasteiger charge is -2.22. The van der Waals surface area contributed by atoms with Crippen LogP contribution < -0.4 is 10.6 Å². The number of nitrogens with one attached hydrogen (secondary N) is 2. The molecule has 0 radical (unpaired) electrons. The second kappa shape index (κ2) is 10.1. The van der Waals surface area contributed by atoms with Gasteiger partial charge < -0.3 is 20.5 Å². The molecule has 0 aromatic heterocycles. The summed E-state index contributed by atoms with van der Waals surface area (Å²) >= 11 is 0. The largest absolute Gasteiger partial charge is 0.481 e. The molecule has 4 unspecified atom stereocenters. The Morgan fingerprint density at radius 1 is 0.914 bits per heavy atom. The van der Waals surface area contributed by atoms with E-state index >= 15 is 0 Å². The maximum atomic E-state index is 12.9. The number of carbonyl (C=O) groups is 3. The maximum Gasteiger partial charge on any atom is 0.407 e. The predicted octanol–water partition coefficient (Wildman–Crippen LogP) is 4.31. The number of rotatable bonds is 7. The van der Waals surface area contributed by atoms with Crippen LogP contribution in [0.15, 0.2) is 48.5 Å². The van der Waals surface area contributed by atoms with Crippen LogP contribution >= 0.6 is 0 Å². The Bertz CT molecular complexity index is 1070. The third kappa shape index (κ3) is 4.90. The molecule has 35 heavy (non-hydrogen) atoms. The molecular weight excluding hydrogens is 444 g/mol. The van der Waals surface area contributed by atoms with Crippen molar-refractivity contribution < 1.29 is 24.2 Å². The zero-order valence-electron chi connectivity index (χ0n) is 19.7. The zero-order chi connectivity index (χ0) is 24.4. The molecule has 0 spiro atoms. The van der Waals surface area contributed by atoms with Crippen LogP contribution in [0.25, 0.3) is 11.1 Å². The van der Waals surface area contributed by atoms with Gasteiger partial charge in [-0.1, -0.05) is 55.0 Å². The van der Waals surface area contributed by atoms with Gasteiger partial charge in [-0.25, -0.2) is 4.79 Å².